The Morgan fingerprint density at radius 3 is 2.87 bits per heavy atom. The molecule has 1 N–H and O–H groups in total. The molecule has 3 aromatic rings. The molecule has 0 atom stereocenters. The Hall–Kier alpha value is -2.52. The Morgan fingerprint density at radius 2 is 2.17 bits per heavy atom. The van der Waals surface area contributed by atoms with Gasteiger partial charge in [0.25, 0.3) is 0 Å². The number of pyridine rings is 1. The number of aromatic nitrogens is 2. The predicted molar refractivity (Wildman–Crippen MR) is 90.2 cm³/mol. The second-order valence-corrected chi connectivity index (χ2v) is 6.37. The van der Waals surface area contributed by atoms with E-state index in [2.05, 4.69) is 21.4 Å². The topological polar surface area (TPSA) is 61.6 Å². The highest BCUT2D eigenvalue weighted by Crippen LogP contribution is 2.28. The fraction of sp³-hybridized carbons (Fsp3) is 0.235. The zero-order chi connectivity index (χ0) is 16.4. The molecule has 0 aliphatic carbocycles. The number of hydrogen-bond donors (Lipinski definition) is 1. The molecule has 23 heavy (non-hydrogen) atoms. The van der Waals surface area contributed by atoms with Gasteiger partial charge in [-0.3, -0.25) is 4.98 Å². The van der Waals surface area contributed by atoms with Crippen molar-refractivity contribution in [3.63, 3.8) is 0 Å². The lowest BCUT2D eigenvalue weighted by atomic mass is 10.1. The highest BCUT2D eigenvalue weighted by molar-refractivity contribution is 7.09. The lowest BCUT2D eigenvalue weighted by Gasteiger charge is -2.12. The van der Waals surface area contributed by atoms with Crippen molar-refractivity contribution in [2.45, 2.75) is 20.3 Å². The molecule has 3 rings (SSSR count). The molecule has 2 heterocycles. The van der Waals surface area contributed by atoms with E-state index in [1.165, 1.54) is 18.3 Å². The van der Waals surface area contributed by atoms with E-state index in [1.54, 1.807) is 11.3 Å². The maximum absolute atomic E-state index is 13.8. The molecule has 0 spiro atoms. The molecule has 0 amide bonds. The molecule has 0 unspecified atom stereocenters. The SMILES string of the molecule is Cc1nc(CCNc2c(C#N)cnc3c(C)cc(F)cc23)cs1. The summed E-state index contributed by atoms with van der Waals surface area (Å²) in [7, 11) is 0. The van der Waals surface area contributed by atoms with Gasteiger partial charge < -0.3 is 5.32 Å². The Labute approximate surface area is 137 Å². The molecular weight excluding hydrogens is 311 g/mol. The van der Waals surface area contributed by atoms with Crippen molar-refractivity contribution in [2.24, 2.45) is 0 Å². The molecule has 0 aliphatic rings. The van der Waals surface area contributed by atoms with Gasteiger partial charge in [0.15, 0.2) is 0 Å². The average molecular weight is 326 g/mol. The fourth-order valence-electron chi connectivity index (χ4n) is 2.55. The second-order valence-electron chi connectivity index (χ2n) is 5.31. The third-order valence-electron chi connectivity index (χ3n) is 3.60. The fourth-order valence-corrected chi connectivity index (χ4v) is 3.20. The molecule has 2 aromatic heterocycles. The van der Waals surface area contributed by atoms with Gasteiger partial charge in [-0.25, -0.2) is 9.37 Å². The highest BCUT2D eigenvalue weighted by Gasteiger charge is 2.12. The van der Waals surface area contributed by atoms with Crippen LogP contribution in [0.3, 0.4) is 0 Å². The third-order valence-corrected chi connectivity index (χ3v) is 4.42. The Bertz CT molecular complexity index is 911. The van der Waals surface area contributed by atoms with Gasteiger partial charge >= 0.3 is 0 Å². The number of rotatable bonds is 4. The van der Waals surface area contributed by atoms with Gasteiger partial charge in [-0.2, -0.15) is 5.26 Å². The van der Waals surface area contributed by atoms with E-state index in [0.717, 1.165) is 22.7 Å². The summed E-state index contributed by atoms with van der Waals surface area (Å²) in [5.74, 6) is -0.329. The molecule has 0 saturated carbocycles. The Morgan fingerprint density at radius 1 is 1.35 bits per heavy atom. The quantitative estimate of drug-likeness (QED) is 0.788. The molecular formula is C17H15FN4S. The zero-order valence-electron chi connectivity index (χ0n) is 12.9. The number of anilines is 1. The van der Waals surface area contributed by atoms with Crippen LogP contribution in [0.2, 0.25) is 0 Å². The standard InChI is InChI=1S/C17H15FN4S/c1-10-5-13(18)6-15-16(10)21-8-12(7-19)17(15)20-4-3-14-9-23-11(2)22-14/h5-6,8-9H,3-4H2,1-2H3,(H,20,21). The minimum atomic E-state index is -0.329. The van der Waals surface area contributed by atoms with Crippen molar-refractivity contribution < 1.29 is 4.39 Å². The highest BCUT2D eigenvalue weighted by atomic mass is 32.1. The maximum atomic E-state index is 13.8. The molecule has 0 aliphatic heterocycles. The van der Waals surface area contributed by atoms with Crippen molar-refractivity contribution >= 4 is 27.9 Å². The number of thiazole rings is 1. The lowest BCUT2D eigenvalue weighted by Crippen LogP contribution is -2.08. The van der Waals surface area contributed by atoms with E-state index < -0.39 is 0 Å². The number of nitriles is 1. The Balaban J connectivity index is 1.93. The number of fused-ring (bicyclic) bond motifs is 1. The number of hydrogen-bond acceptors (Lipinski definition) is 5. The summed E-state index contributed by atoms with van der Waals surface area (Å²) < 4.78 is 13.8. The van der Waals surface area contributed by atoms with E-state index in [4.69, 9.17) is 0 Å². The van der Waals surface area contributed by atoms with E-state index in [9.17, 15) is 9.65 Å². The average Bonchev–Trinajstić information content (AvgIpc) is 2.93. The van der Waals surface area contributed by atoms with Crippen LogP contribution in [0.1, 0.15) is 21.8 Å². The van der Waals surface area contributed by atoms with Crippen LogP contribution in [0, 0.1) is 31.0 Å². The first-order chi connectivity index (χ1) is 11.1. The van der Waals surface area contributed by atoms with Crippen molar-refractivity contribution in [3.05, 3.63) is 51.4 Å². The number of aryl methyl sites for hydroxylation is 2. The minimum Gasteiger partial charge on any atom is -0.383 e. The van der Waals surface area contributed by atoms with Crippen LogP contribution in [0.15, 0.2) is 23.7 Å². The zero-order valence-corrected chi connectivity index (χ0v) is 13.7. The lowest BCUT2D eigenvalue weighted by molar-refractivity contribution is 0.628. The summed E-state index contributed by atoms with van der Waals surface area (Å²) in [5, 5.41) is 16.2. The summed E-state index contributed by atoms with van der Waals surface area (Å²) in [6.45, 7) is 4.40. The largest absolute Gasteiger partial charge is 0.383 e. The van der Waals surface area contributed by atoms with Crippen LogP contribution in [0.4, 0.5) is 10.1 Å². The molecule has 116 valence electrons. The molecule has 0 radical (unpaired) electrons. The van der Waals surface area contributed by atoms with Crippen LogP contribution in [0.25, 0.3) is 10.9 Å². The summed E-state index contributed by atoms with van der Waals surface area (Å²) in [5.41, 5.74) is 3.52. The molecule has 0 bridgehead atoms. The van der Waals surface area contributed by atoms with Crippen molar-refractivity contribution in [2.75, 3.05) is 11.9 Å². The van der Waals surface area contributed by atoms with Crippen LogP contribution in [0.5, 0.6) is 0 Å². The molecule has 4 nitrogen and oxygen atoms in total. The van der Waals surface area contributed by atoms with Gasteiger partial charge in [0.05, 0.1) is 27.5 Å². The van der Waals surface area contributed by atoms with Gasteiger partial charge in [0, 0.05) is 29.9 Å². The minimum absolute atomic E-state index is 0.329. The van der Waals surface area contributed by atoms with Crippen molar-refractivity contribution in [1.82, 2.24) is 9.97 Å². The van der Waals surface area contributed by atoms with E-state index in [1.807, 2.05) is 19.2 Å². The van der Waals surface area contributed by atoms with Crippen molar-refractivity contribution in [3.8, 4) is 6.07 Å². The first-order valence-corrected chi connectivity index (χ1v) is 8.10. The maximum Gasteiger partial charge on any atom is 0.124 e. The monoisotopic (exact) mass is 326 g/mol. The van der Waals surface area contributed by atoms with Crippen LogP contribution >= 0.6 is 11.3 Å². The number of nitrogens with zero attached hydrogens (tertiary/aromatic N) is 3. The molecule has 0 saturated heterocycles. The summed E-state index contributed by atoms with van der Waals surface area (Å²) >= 11 is 1.61. The summed E-state index contributed by atoms with van der Waals surface area (Å²) in [4.78, 5) is 8.70. The van der Waals surface area contributed by atoms with Gasteiger partial charge in [-0.05, 0) is 31.5 Å². The van der Waals surface area contributed by atoms with Gasteiger partial charge in [-0.15, -0.1) is 11.3 Å². The molecule has 6 heteroatoms. The smallest absolute Gasteiger partial charge is 0.124 e. The normalized spacial score (nSPS) is 10.7. The van der Waals surface area contributed by atoms with E-state index in [-0.39, 0.29) is 5.82 Å². The van der Waals surface area contributed by atoms with Crippen LogP contribution in [-0.4, -0.2) is 16.5 Å². The predicted octanol–water partition coefficient (Wildman–Crippen LogP) is 3.97. The molecule has 1 aromatic carbocycles. The van der Waals surface area contributed by atoms with E-state index in [0.29, 0.717) is 28.7 Å². The first-order valence-electron chi connectivity index (χ1n) is 7.22. The Kier molecular flexibility index (Phi) is 4.22. The molecule has 0 fully saturated rings. The summed E-state index contributed by atoms with van der Waals surface area (Å²) in [6.07, 6.45) is 2.27. The van der Waals surface area contributed by atoms with Crippen molar-refractivity contribution in [1.29, 1.82) is 5.26 Å². The van der Waals surface area contributed by atoms with Gasteiger partial charge in [0.1, 0.15) is 11.9 Å². The number of nitrogens with one attached hydrogen (secondary N) is 1. The van der Waals surface area contributed by atoms with Gasteiger partial charge in [0.2, 0.25) is 0 Å². The first kappa shape index (κ1) is 15.4. The van der Waals surface area contributed by atoms with Gasteiger partial charge in [-0.1, -0.05) is 0 Å². The van der Waals surface area contributed by atoms with Crippen LogP contribution in [-0.2, 0) is 6.42 Å². The number of halogens is 1. The summed E-state index contributed by atoms with van der Waals surface area (Å²) in [6, 6.07) is 4.99. The van der Waals surface area contributed by atoms with E-state index >= 15 is 0 Å². The third kappa shape index (κ3) is 3.15. The second kappa shape index (κ2) is 6.31. The number of benzene rings is 1. The van der Waals surface area contributed by atoms with Crippen LogP contribution < -0.4 is 5.32 Å².